The van der Waals surface area contributed by atoms with Crippen molar-refractivity contribution in [2.75, 3.05) is 31.2 Å². The Hall–Kier alpha value is -0.440. The minimum absolute atomic E-state index is 0.482. The van der Waals surface area contributed by atoms with Gasteiger partial charge in [-0.1, -0.05) is 29.3 Å². The second-order valence-electron chi connectivity index (χ2n) is 3.09. The molecule has 0 aromatic heterocycles. The summed E-state index contributed by atoms with van der Waals surface area (Å²) in [6, 6.07) is 6.58. The van der Waals surface area contributed by atoms with Gasteiger partial charge in [0.2, 0.25) is 0 Å². The molecule has 0 bridgehead atoms. The Morgan fingerprint density at radius 1 is 1.29 bits per heavy atom. The van der Waals surface area contributed by atoms with Gasteiger partial charge in [-0.2, -0.15) is 0 Å². The highest BCUT2D eigenvalue weighted by Gasteiger charge is 2.15. The zero-order valence-corrected chi connectivity index (χ0v) is 9.11. The normalized spacial score (nSPS) is 17.1. The van der Waals surface area contributed by atoms with E-state index in [0.717, 1.165) is 32.0 Å². The summed E-state index contributed by atoms with van der Waals surface area (Å²) >= 11 is 12.0. The second kappa shape index (κ2) is 4.39. The van der Waals surface area contributed by atoms with E-state index in [2.05, 4.69) is 11.0 Å². The van der Waals surface area contributed by atoms with Crippen LogP contribution >= 0.6 is 23.2 Å². The van der Waals surface area contributed by atoms with Gasteiger partial charge in [-0.15, -0.1) is 0 Å². The van der Waals surface area contributed by atoms with Gasteiger partial charge in [-0.3, -0.25) is 0 Å². The average Bonchev–Trinajstić information content (AvgIpc) is 2.23. The van der Waals surface area contributed by atoms with Crippen LogP contribution in [0.4, 0.5) is 5.69 Å². The largest absolute Gasteiger partial charge is 0.378 e. The van der Waals surface area contributed by atoms with Crippen LogP contribution in [0.5, 0.6) is 0 Å². The third kappa shape index (κ3) is 1.97. The summed E-state index contributed by atoms with van der Waals surface area (Å²) in [5, 5.41) is 1.06. The first-order chi connectivity index (χ1) is 6.79. The van der Waals surface area contributed by atoms with Gasteiger partial charge < -0.3 is 9.64 Å². The topological polar surface area (TPSA) is 12.5 Å². The highest BCUT2D eigenvalue weighted by Crippen LogP contribution is 2.32. The van der Waals surface area contributed by atoms with E-state index in [4.69, 9.17) is 27.9 Å². The fourth-order valence-corrected chi connectivity index (χ4v) is 1.89. The predicted octanol–water partition coefficient (Wildman–Crippen LogP) is 2.63. The van der Waals surface area contributed by atoms with E-state index < -0.39 is 0 Å². The highest BCUT2D eigenvalue weighted by molar-refractivity contribution is 6.43. The standard InChI is InChI=1S/C10H10Cl2NO/c11-8-2-1-3-9(10(8)12)13-4-6-14-7-5-13/h1,3H,4-7H2. The molecule has 1 heterocycles. The lowest BCUT2D eigenvalue weighted by Crippen LogP contribution is -2.36. The van der Waals surface area contributed by atoms with E-state index in [1.54, 1.807) is 6.07 Å². The first-order valence-electron chi connectivity index (χ1n) is 4.47. The zero-order chi connectivity index (χ0) is 9.97. The summed E-state index contributed by atoms with van der Waals surface area (Å²) in [6.07, 6.45) is 0. The maximum Gasteiger partial charge on any atom is 0.0832 e. The molecule has 4 heteroatoms. The number of hydrogen-bond acceptors (Lipinski definition) is 2. The van der Waals surface area contributed by atoms with Crippen molar-refractivity contribution < 1.29 is 4.74 Å². The van der Waals surface area contributed by atoms with Crippen molar-refractivity contribution in [3.63, 3.8) is 0 Å². The molecular weight excluding hydrogens is 221 g/mol. The predicted molar refractivity (Wildman–Crippen MR) is 58.3 cm³/mol. The second-order valence-corrected chi connectivity index (χ2v) is 3.85. The third-order valence-electron chi connectivity index (χ3n) is 2.22. The molecule has 0 aliphatic carbocycles. The van der Waals surface area contributed by atoms with E-state index in [-0.39, 0.29) is 0 Å². The number of rotatable bonds is 1. The fourth-order valence-electron chi connectivity index (χ4n) is 1.49. The lowest BCUT2D eigenvalue weighted by molar-refractivity contribution is 0.122. The fraction of sp³-hybridized carbons (Fsp3) is 0.400. The number of morpholine rings is 1. The Bertz CT molecular complexity index is 324. The summed E-state index contributed by atoms with van der Waals surface area (Å²) in [7, 11) is 0. The molecule has 0 unspecified atom stereocenters. The minimum atomic E-state index is 0.482. The van der Waals surface area contributed by atoms with Gasteiger partial charge in [0, 0.05) is 19.2 Å². The first-order valence-corrected chi connectivity index (χ1v) is 5.23. The van der Waals surface area contributed by atoms with E-state index in [1.165, 1.54) is 0 Å². The van der Waals surface area contributed by atoms with E-state index >= 15 is 0 Å². The van der Waals surface area contributed by atoms with Gasteiger partial charge in [-0.05, 0) is 6.07 Å². The van der Waals surface area contributed by atoms with Crippen molar-refractivity contribution in [1.82, 2.24) is 0 Å². The number of hydrogen-bond donors (Lipinski definition) is 0. The molecule has 1 aliphatic heterocycles. The van der Waals surface area contributed by atoms with Crippen molar-refractivity contribution in [3.05, 3.63) is 28.2 Å². The number of anilines is 1. The molecule has 1 fully saturated rings. The van der Waals surface area contributed by atoms with E-state index in [9.17, 15) is 0 Å². The maximum atomic E-state index is 6.08. The molecule has 1 saturated heterocycles. The minimum Gasteiger partial charge on any atom is -0.378 e. The zero-order valence-electron chi connectivity index (χ0n) is 7.59. The Balaban J connectivity index is 2.26. The SMILES string of the molecule is Clc1[c]ccc(N2CCOCC2)c1Cl. The van der Waals surface area contributed by atoms with Crippen LogP contribution < -0.4 is 4.90 Å². The van der Waals surface area contributed by atoms with Crippen LogP contribution in [0.25, 0.3) is 0 Å². The molecule has 2 nitrogen and oxygen atoms in total. The van der Waals surface area contributed by atoms with Gasteiger partial charge in [-0.25, -0.2) is 0 Å². The maximum absolute atomic E-state index is 6.08. The number of ether oxygens (including phenoxy) is 1. The Kier molecular flexibility index (Phi) is 3.16. The summed E-state index contributed by atoms with van der Waals surface area (Å²) in [6.45, 7) is 3.21. The molecule has 0 atom stereocenters. The first kappa shape index (κ1) is 10.1. The Morgan fingerprint density at radius 2 is 2.00 bits per heavy atom. The molecule has 14 heavy (non-hydrogen) atoms. The van der Waals surface area contributed by atoms with Crippen molar-refractivity contribution in [2.45, 2.75) is 0 Å². The molecule has 0 spiro atoms. The van der Waals surface area contributed by atoms with Crippen LogP contribution in [0.3, 0.4) is 0 Å². The quantitative estimate of drug-likeness (QED) is 0.736. The van der Waals surface area contributed by atoms with Gasteiger partial charge in [0.25, 0.3) is 0 Å². The van der Waals surface area contributed by atoms with Gasteiger partial charge in [0.05, 0.1) is 28.9 Å². The third-order valence-corrected chi connectivity index (χ3v) is 3.00. The van der Waals surface area contributed by atoms with E-state index in [1.807, 2.05) is 6.07 Å². The molecule has 0 N–H and O–H groups in total. The van der Waals surface area contributed by atoms with Crippen molar-refractivity contribution in [2.24, 2.45) is 0 Å². The summed E-state index contributed by atoms with van der Waals surface area (Å²) < 4.78 is 5.27. The van der Waals surface area contributed by atoms with Crippen molar-refractivity contribution in [1.29, 1.82) is 0 Å². The molecule has 0 amide bonds. The number of benzene rings is 1. The molecule has 0 saturated carbocycles. The lowest BCUT2D eigenvalue weighted by Gasteiger charge is -2.29. The molecule has 2 rings (SSSR count). The summed E-state index contributed by atoms with van der Waals surface area (Å²) in [4.78, 5) is 2.17. The summed E-state index contributed by atoms with van der Waals surface area (Å²) in [5.41, 5.74) is 0.971. The van der Waals surface area contributed by atoms with Gasteiger partial charge >= 0.3 is 0 Å². The van der Waals surface area contributed by atoms with Gasteiger partial charge in [0.1, 0.15) is 0 Å². The van der Waals surface area contributed by atoms with Crippen LogP contribution in [0.1, 0.15) is 0 Å². The van der Waals surface area contributed by atoms with Crippen LogP contribution in [-0.2, 0) is 4.74 Å². The van der Waals surface area contributed by atoms with Crippen LogP contribution in [0.2, 0.25) is 10.0 Å². The van der Waals surface area contributed by atoms with Gasteiger partial charge in [0.15, 0.2) is 0 Å². The summed E-state index contributed by atoms with van der Waals surface area (Å²) in [5.74, 6) is 0. The monoisotopic (exact) mass is 230 g/mol. The Labute approximate surface area is 93.4 Å². The molecule has 75 valence electrons. The highest BCUT2D eigenvalue weighted by atomic mass is 35.5. The average molecular weight is 231 g/mol. The molecule has 1 aromatic rings. The van der Waals surface area contributed by atoms with E-state index in [0.29, 0.717) is 10.0 Å². The van der Waals surface area contributed by atoms with Crippen LogP contribution in [0, 0.1) is 6.07 Å². The Morgan fingerprint density at radius 3 is 2.71 bits per heavy atom. The van der Waals surface area contributed by atoms with Crippen LogP contribution in [0.15, 0.2) is 12.1 Å². The van der Waals surface area contributed by atoms with Crippen molar-refractivity contribution >= 4 is 28.9 Å². The smallest absolute Gasteiger partial charge is 0.0832 e. The number of halogens is 2. The van der Waals surface area contributed by atoms with Crippen LogP contribution in [-0.4, -0.2) is 26.3 Å². The molecule has 1 radical (unpaired) electrons. The lowest BCUT2D eigenvalue weighted by atomic mass is 10.2. The molecule has 1 aromatic carbocycles. The molecular formula is C10H10Cl2NO. The molecule has 1 aliphatic rings. The van der Waals surface area contributed by atoms with Crippen molar-refractivity contribution in [3.8, 4) is 0 Å². The number of nitrogens with zero attached hydrogens (tertiary/aromatic N) is 1.